The number of thioether (sulfide) groups is 1. The van der Waals surface area contributed by atoms with Gasteiger partial charge in [0.15, 0.2) is 0 Å². The number of aliphatic imine (C=N–C) groups is 1. The summed E-state index contributed by atoms with van der Waals surface area (Å²) < 4.78 is 0. The Kier molecular flexibility index (Phi) is 6.56. The van der Waals surface area contributed by atoms with Crippen molar-refractivity contribution in [3.63, 3.8) is 0 Å². The molecule has 6 heteroatoms. The summed E-state index contributed by atoms with van der Waals surface area (Å²) >= 11 is 1.51. The zero-order valence-corrected chi connectivity index (χ0v) is 11.8. The second-order valence-electron chi connectivity index (χ2n) is 4.60. The fourth-order valence-corrected chi connectivity index (χ4v) is 2.28. The van der Waals surface area contributed by atoms with E-state index in [1.54, 1.807) is 6.92 Å². The molecule has 0 aromatic carbocycles. The number of carboxylic acid groups (broad SMARTS) is 1. The van der Waals surface area contributed by atoms with E-state index in [4.69, 9.17) is 16.6 Å². The van der Waals surface area contributed by atoms with Gasteiger partial charge in [-0.1, -0.05) is 20.8 Å². The maximum Gasteiger partial charge on any atom is 0.324 e. The zero-order chi connectivity index (χ0) is 13.6. The van der Waals surface area contributed by atoms with Crippen LogP contribution < -0.4 is 11.5 Å². The minimum atomic E-state index is -1.18. The van der Waals surface area contributed by atoms with E-state index in [-0.39, 0.29) is 11.2 Å². The van der Waals surface area contributed by atoms with E-state index in [1.807, 2.05) is 20.8 Å². The molecule has 5 nitrogen and oxygen atoms in total. The van der Waals surface area contributed by atoms with Crippen LogP contribution in [0.5, 0.6) is 0 Å². The number of hydrogen-bond donors (Lipinski definition) is 3. The Morgan fingerprint density at radius 1 is 1.47 bits per heavy atom. The van der Waals surface area contributed by atoms with Crippen LogP contribution in [0.3, 0.4) is 0 Å². The highest BCUT2D eigenvalue weighted by molar-refractivity contribution is 8.00. The maximum absolute atomic E-state index is 11.2. The van der Waals surface area contributed by atoms with Crippen LogP contribution >= 0.6 is 11.8 Å². The largest absolute Gasteiger partial charge is 0.480 e. The van der Waals surface area contributed by atoms with E-state index in [9.17, 15) is 4.79 Å². The molecule has 0 bridgehead atoms. The molecule has 0 aromatic rings. The van der Waals surface area contributed by atoms with Crippen molar-refractivity contribution in [1.29, 1.82) is 0 Å². The summed E-state index contributed by atoms with van der Waals surface area (Å²) in [6.45, 7) is 7.94. The molecule has 0 aliphatic heterocycles. The van der Waals surface area contributed by atoms with Gasteiger partial charge in [0.05, 0.1) is 12.4 Å². The first kappa shape index (κ1) is 16.2. The topological polar surface area (TPSA) is 102 Å². The smallest absolute Gasteiger partial charge is 0.324 e. The molecule has 0 saturated carbocycles. The Bertz CT molecular complexity index is 290. The lowest BCUT2D eigenvalue weighted by Crippen LogP contribution is -2.55. The van der Waals surface area contributed by atoms with Gasteiger partial charge in [-0.05, 0) is 12.8 Å². The molecule has 0 fully saturated rings. The molecule has 0 aromatic heterocycles. The van der Waals surface area contributed by atoms with E-state index < -0.39 is 11.5 Å². The van der Waals surface area contributed by atoms with Gasteiger partial charge in [0, 0.05) is 11.0 Å². The number of rotatable bonds is 7. The van der Waals surface area contributed by atoms with Crippen molar-refractivity contribution < 1.29 is 9.90 Å². The third-order valence-corrected chi connectivity index (χ3v) is 4.00. The Balaban J connectivity index is 4.33. The van der Waals surface area contributed by atoms with Crippen molar-refractivity contribution in [3.8, 4) is 0 Å². The van der Waals surface area contributed by atoms with E-state index >= 15 is 0 Å². The monoisotopic (exact) mass is 261 g/mol. The van der Waals surface area contributed by atoms with Crippen molar-refractivity contribution in [1.82, 2.24) is 0 Å². The van der Waals surface area contributed by atoms with E-state index in [0.29, 0.717) is 18.1 Å². The average molecular weight is 261 g/mol. The minimum Gasteiger partial charge on any atom is -0.480 e. The molecule has 0 saturated heterocycles. The summed E-state index contributed by atoms with van der Waals surface area (Å²) in [4.78, 5) is 15.3. The summed E-state index contributed by atoms with van der Waals surface area (Å²) in [6.07, 6.45) is 0. The molecule has 1 unspecified atom stereocenters. The first-order chi connectivity index (χ1) is 7.70. The van der Waals surface area contributed by atoms with Gasteiger partial charge in [-0.2, -0.15) is 11.8 Å². The lowest BCUT2D eigenvalue weighted by molar-refractivity contribution is -0.144. The number of aliphatic carboxylic acids is 1. The molecule has 0 aliphatic carbocycles. The minimum absolute atomic E-state index is 0.112. The van der Waals surface area contributed by atoms with Crippen LogP contribution in [0.2, 0.25) is 0 Å². The number of carboxylic acids is 1. The normalized spacial score (nSPS) is 17.9. The average Bonchev–Trinajstić information content (AvgIpc) is 2.22. The highest BCUT2D eigenvalue weighted by Gasteiger charge is 2.37. The number of hydrogen-bond acceptors (Lipinski definition) is 4. The second kappa shape index (κ2) is 6.86. The van der Waals surface area contributed by atoms with Gasteiger partial charge < -0.3 is 16.6 Å². The molecule has 17 heavy (non-hydrogen) atoms. The molecule has 0 radical (unpaired) electrons. The molecular formula is C11H23N3O2S. The van der Waals surface area contributed by atoms with Gasteiger partial charge in [-0.25, -0.2) is 0 Å². The summed E-state index contributed by atoms with van der Waals surface area (Å²) in [5.41, 5.74) is 10.2. The third kappa shape index (κ3) is 5.41. The van der Waals surface area contributed by atoms with Crippen molar-refractivity contribution in [2.45, 2.75) is 38.5 Å². The van der Waals surface area contributed by atoms with Crippen LogP contribution in [-0.2, 0) is 4.79 Å². The van der Waals surface area contributed by atoms with Crippen molar-refractivity contribution in [3.05, 3.63) is 0 Å². The third-order valence-electron chi connectivity index (χ3n) is 2.63. The van der Waals surface area contributed by atoms with Crippen LogP contribution in [0.4, 0.5) is 0 Å². The number of nitrogens with two attached hydrogens (primary N) is 2. The first-order valence-electron chi connectivity index (χ1n) is 5.60. The number of amidine groups is 1. The van der Waals surface area contributed by atoms with Crippen LogP contribution in [0.25, 0.3) is 0 Å². The molecule has 100 valence electrons. The standard InChI is InChI=1S/C11H23N3O2S/c1-7(2)11(13,10(15)16)6-17-8(3)5-14-9(4)12/h7-8H,5-6,13H2,1-4H3,(H2,12,14)(H,15,16)/t8?,11-/m1/s1. The van der Waals surface area contributed by atoms with Gasteiger partial charge in [0.25, 0.3) is 0 Å². The lowest BCUT2D eigenvalue weighted by Gasteiger charge is -2.29. The summed E-state index contributed by atoms with van der Waals surface area (Å²) in [7, 11) is 0. The van der Waals surface area contributed by atoms with Gasteiger partial charge >= 0.3 is 5.97 Å². The quantitative estimate of drug-likeness (QED) is 0.467. The van der Waals surface area contributed by atoms with Crippen molar-refractivity contribution >= 4 is 23.6 Å². The Morgan fingerprint density at radius 3 is 2.35 bits per heavy atom. The Hall–Kier alpha value is -0.750. The summed E-state index contributed by atoms with van der Waals surface area (Å²) in [5.74, 6) is -0.149. The highest BCUT2D eigenvalue weighted by atomic mass is 32.2. The second-order valence-corrected chi connectivity index (χ2v) is 6.03. The van der Waals surface area contributed by atoms with Crippen LogP contribution in [0, 0.1) is 5.92 Å². The fourth-order valence-electron chi connectivity index (χ4n) is 1.08. The van der Waals surface area contributed by atoms with Crippen molar-refractivity contribution in [2.24, 2.45) is 22.4 Å². The van der Waals surface area contributed by atoms with Gasteiger partial charge in [-0.3, -0.25) is 9.79 Å². The predicted octanol–water partition coefficient (Wildman–Crippen LogP) is 0.923. The zero-order valence-electron chi connectivity index (χ0n) is 10.9. The molecular weight excluding hydrogens is 238 g/mol. The Labute approximate surface area is 107 Å². The predicted molar refractivity (Wildman–Crippen MR) is 73.5 cm³/mol. The molecule has 0 rings (SSSR count). The van der Waals surface area contributed by atoms with E-state index in [2.05, 4.69) is 4.99 Å². The summed E-state index contributed by atoms with van der Waals surface area (Å²) in [6, 6.07) is 0. The molecule has 2 atom stereocenters. The molecule has 0 spiro atoms. The van der Waals surface area contributed by atoms with Crippen LogP contribution in [0.15, 0.2) is 4.99 Å². The Morgan fingerprint density at radius 2 is 2.00 bits per heavy atom. The SMILES string of the molecule is CC(N)=NCC(C)SC[C@](N)(C(=O)O)C(C)C. The summed E-state index contributed by atoms with van der Waals surface area (Å²) in [5, 5.41) is 9.35. The molecule has 5 N–H and O–H groups in total. The lowest BCUT2D eigenvalue weighted by atomic mass is 9.90. The molecule has 0 amide bonds. The van der Waals surface area contributed by atoms with Crippen LogP contribution in [-0.4, -0.2) is 40.0 Å². The fraction of sp³-hybridized carbons (Fsp3) is 0.818. The van der Waals surface area contributed by atoms with Crippen LogP contribution in [0.1, 0.15) is 27.7 Å². The van der Waals surface area contributed by atoms with E-state index in [1.165, 1.54) is 11.8 Å². The van der Waals surface area contributed by atoms with Gasteiger partial charge in [0.2, 0.25) is 0 Å². The molecule has 0 heterocycles. The first-order valence-corrected chi connectivity index (χ1v) is 6.65. The number of nitrogens with zero attached hydrogens (tertiary/aromatic N) is 1. The van der Waals surface area contributed by atoms with E-state index in [0.717, 1.165) is 0 Å². The van der Waals surface area contributed by atoms with Gasteiger partial charge in [-0.15, -0.1) is 0 Å². The number of carbonyl (C=O) groups is 1. The highest BCUT2D eigenvalue weighted by Crippen LogP contribution is 2.23. The van der Waals surface area contributed by atoms with Crippen molar-refractivity contribution in [2.75, 3.05) is 12.3 Å². The maximum atomic E-state index is 11.2. The molecule has 0 aliphatic rings. The van der Waals surface area contributed by atoms with Gasteiger partial charge in [0.1, 0.15) is 5.54 Å².